The number of oxime groups is 1. The Kier molecular flexibility index (Phi) is 24.6. The molecule has 12 atom stereocenters. The smallest absolute Gasteiger partial charge is 0.162 e. The summed E-state index contributed by atoms with van der Waals surface area (Å²) < 4.78 is 10.5. The van der Waals surface area contributed by atoms with E-state index in [2.05, 4.69) is 17.0 Å². The van der Waals surface area contributed by atoms with Gasteiger partial charge in [-0.1, -0.05) is 67.0 Å². The monoisotopic (exact) mass is 718 g/mol. The lowest BCUT2D eigenvalue weighted by atomic mass is 9.67. The minimum Gasteiger partial charge on any atom is -0.392 e. The lowest BCUT2D eigenvalue weighted by Gasteiger charge is -2.42. The molecule has 0 aromatic rings. The molecule has 9 nitrogen and oxygen atoms in total. The Hall–Kier alpha value is -1.19. The van der Waals surface area contributed by atoms with E-state index in [4.69, 9.17) is 14.3 Å². The Balaban J connectivity index is 0. The molecule has 49 heavy (non-hydrogen) atoms. The van der Waals surface area contributed by atoms with Crippen LogP contribution in [0.3, 0.4) is 0 Å². The van der Waals surface area contributed by atoms with Gasteiger partial charge in [-0.15, -0.1) is 23.6 Å². The largest absolute Gasteiger partial charge is 0.392 e. The third kappa shape index (κ3) is 15.9. The molecular weight excluding hydrogens is 642 g/mol. The molecule has 0 aromatic carbocycles. The minimum absolute atomic E-state index is 0.0430. The van der Waals surface area contributed by atoms with Crippen LogP contribution in [0.25, 0.3) is 0 Å². The normalized spacial score (nSPS) is 39.6. The molecule has 10 heteroatoms. The molecule has 0 aromatic heterocycles. The fourth-order valence-corrected chi connectivity index (χ4v) is 7.01. The number of methoxy groups -OCH3 is 1. The second-order valence-electron chi connectivity index (χ2n) is 14.5. The third-order valence-electron chi connectivity index (χ3n) is 10.6. The molecule has 290 valence electrons. The number of ketones is 1. The molecule has 0 bridgehead atoms. The van der Waals surface area contributed by atoms with Crippen LogP contribution in [-0.4, -0.2) is 92.9 Å². The molecule has 0 radical (unpaired) electrons. The molecule has 1 aliphatic heterocycles. The SMILES string of the molecule is CC.CC#CC.CC[C@H]1CC(=O)[C@H](C)[C@@H](O)[C@H](C)C[C@](C)(O)C[C@@H](C)/C(=N\OCSC)C(C)C(C)[C@]1(C)O.CO[C@]1(C)CCOC(C)[C@@H]1O. The molecule has 0 spiro atoms. The molecule has 2 rings (SSSR count). The van der Waals surface area contributed by atoms with E-state index in [0.717, 1.165) is 12.1 Å². The molecule has 0 amide bonds. The summed E-state index contributed by atoms with van der Waals surface area (Å²) in [5, 5.41) is 47.8. The van der Waals surface area contributed by atoms with Crippen molar-refractivity contribution in [1.82, 2.24) is 0 Å². The van der Waals surface area contributed by atoms with Crippen molar-refractivity contribution in [3.63, 3.8) is 0 Å². The van der Waals surface area contributed by atoms with Gasteiger partial charge in [-0.2, -0.15) is 0 Å². The van der Waals surface area contributed by atoms with Gasteiger partial charge in [-0.25, -0.2) is 0 Å². The lowest BCUT2D eigenvalue weighted by Crippen LogP contribution is -2.52. The van der Waals surface area contributed by atoms with Crippen LogP contribution in [0.4, 0.5) is 0 Å². The maximum absolute atomic E-state index is 13.1. The maximum Gasteiger partial charge on any atom is 0.162 e. The fraction of sp³-hybridized carbons (Fsp3) is 0.897. The van der Waals surface area contributed by atoms with E-state index in [-0.39, 0.29) is 47.9 Å². The van der Waals surface area contributed by atoms with Crippen LogP contribution in [0, 0.1) is 47.3 Å². The van der Waals surface area contributed by atoms with E-state index in [1.807, 2.05) is 89.3 Å². The zero-order valence-corrected chi connectivity index (χ0v) is 34.7. The van der Waals surface area contributed by atoms with Gasteiger partial charge in [0.25, 0.3) is 0 Å². The number of rotatable bonds is 5. The van der Waals surface area contributed by atoms with Gasteiger partial charge < -0.3 is 34.7 Å². The number of aliphatic hydroxyl groups excluding tert-OH is 2. The van der Waals surface area contributed by atoms with Crippen LogP contribution < -0.4 is 0 Å². The zero-order valence-electron chi connectivity index (χ0n) is 33.9. The lowest BCUT2D eigenvalue weighted by molar-refractivity contribution is -0.188. The minimum atomic E-state index is -1.10. The highest BCUT2D eigenvalue weighted by Gasteiger charge is 2.44. The van der Waals surface area contributed by atoms with Crippen LogP contribution in [0.2, 0.25) is 0 Å². The Labute approximate surface area is 304 Å². The number of hydrogen-bond donors (Lipinski definition) is 4. The summed E-state index contributed by atoms with van der Waals surface area (Å²) in [7, 11) is 1.63. The molecule has 1 heterocycles. The van der Waals surface area contributed by atoms with E-state index < -0.39 is 34.9 Å². The second kappa shape index (κ2) is 24.1. The van der Waals surface area contributed by atoms with Crippen molar-refractivity contribution in [2.24, 2.45) is 40.7 Å². The van der Waals surface area contributed by atoms with Crippen LogP contribution in [0.5, 0.6) is 0 Å². The quantitative estimate of drug-likeness (QED) is 0.101. The zero-order chi connectivity index (χ0) is 38.8. The highest BCUT2D eigenvalue weighted by Crippen LogP contribution is 2.40. The summed E-state index contributed by atoms with van der Waals surface area (Å²) in [5.74, 6) is 4.35. The highest BCUT2D eigenvalue weighted by atomic mass is 32.2. The number of carbonyl (C=O) groups excluding carboxylic acids is 1. The molecule has 1 saturated carbocycles. The van der Waals surface area contributed by atoms with Gasteiger partial charge in [0.1, 0.15) is 11.9 Å². The van der Waals surface area contributed by atoms with E-state index in [1.165, 1.54) is 11.8 Å². The summed E-state index contributed by atoms with van der Waals surface area (Å²) in [6, 6.07) is 0. The maximum atomic E-state index is 13.1. The Morgan fingerprint density at radius 3 is 1.98 bits per heavy atom. The van der Waals surface area contributed by atoms with Gasteiger partial charge in [0.15, 0.2) is 5.94 Å². The molecule has 2 fully saturated rings. The highest BCUT2D eigenvalue weighted by molar-refractivity contribution is 7.98. The summed E-state index contributed by atoms with van der Waals surface area (Å²) in [5.41, 5.74) is -1.75. The summed E-state index contributed by atoms with van der Waals surface area (Å²) in [6.07, 6.45) is 2.93. The van der Waals surface area contributed by atoms with E-state index in [1.54, 1.807) is 21.0 Å². The number of aliphatic hydroxyl groups is 4. The Bertz CT molecular complexity index is 1000. The van der Waals surface area contributed by atoms with E-state index >= 15 is 0 Å². The van der Waals surface area contributed by atoms with Crippen molar-refractivity contribution in [3.8, 4) is 11.8 Å². The Morgan fingerprint density at radius 1 is 0.980 bits per heavy atom. The summed E-state index contributed by atoms with van der Waals surface area (Å²) >= 11 is 1.53. The van der Waals surface area contributed by atoms with Crippen LogP contribution >= 0.6 is 11.8 Å². The second-order valence-corrected chi connectivity index (χ2v) is 15.3. The van der Waals surface area contributed by atoms with Crippen LogP contribution in [0.1, 0.15) is 129 Å². The number of ether oxygens (including phenoxy) is 2. The van der Waals surface area contributed by atoms with Crippen molar-refractivity contribution in [1.29, 1.82) is 0 Å². The van der Waals surface area contributed by atoms with Crippen LogP contribution in [-0.2, 0) is 19.1 Å². The molecule has 2 aliphatic rings. The number of thioether (sulfide) groups is 1. The molecule has 1 aliphatic carbocycles. The third-order valence-corrected chi connectivity index (χ3v) is 11.0. The number of nitrogens with zero attached hydrogens (tertiary/aromatic N) is 1. The van der Waals surface area contributed by atoms with Crippen molar-refractivity contribution in [2.75, 3.05) is 25.9 Å². The first-order chi connectivity index (χ1) is 22.7. The van der Waals surface area contributed by atoms with Gasteiger partial charge in [-0.3, -0.25) is 4.79 Å². The molecule has 3 unspecified atom stereocenters. The van der Waals surface area contributed by atoms with Crippen molar-refractivity contribution < 1.29 is 39.5 Å². The fourth-order valence-electron chi connectivity index (χ4n) is 6.85. The number of Topliss-reactive ketones (excluding diaryl/α,β-unsaturated/α-hetero) is 1. The number of hydrogen-bond acceptors (Lipinski definition) is 10. The molecule has 1 saturated heterocycles. The van der Waals surface area contributed by atoms with E-state index in [9.17, 15) is 25.2 Å². The number of carbonyl (C=O) groups is 1. The van der Waals surface area contributed by atoms with Crippen molar-refractivity contribution in [2.45, 2.75) is 164 Å². The van der Waals surface area contributed by atoms with E-state index in [0.29, 0.717) is 31.8 Å². The first-order valence-corrected chi connectivity index (χ1v) is 19.6. The van der Waals surface area contributed by atoms with Crippen molar-refractivity contribution >= 4 is 23.3 Å². The molecular formula is C39H75NO8S. The van der Waals surface area contributed by atoms with Gasteiger partial charge in [0, 0.05) is 44.3 Å². The Morgan fingerprint density at radius 2 is 1.53 bits per heavy atom. The summed E-state index contributed by atoms with van der Waals surface area (Å²) in [4.78, 5) is 18.6. The average molecular weight is 718 g/mol. The average Bonchev–Trinajstić information content (AvgIpc) is 3.06. The van der Waals surface area contributed by atoms with Crippen molar-refractivity contribution in [3.05, 3.63) is 0 Å². The molecule has 4 N–H and O–H groups in total. The van der Waals surface area contributed by atoms with Gasteiger partial charge >= 0.3 is 0 Å². The predicted octanol–water partition coefficient (Wildman–Crippen LogP) is 7.12. The topological polar surface area (TPSA) is 138 Å². The van der Waals surface area contributed by atoms with Gasteiger partial charge in [0.2, 0.25) is 0 Å². The standard InChI is InChI=1S/C25H47NO5S.C8H16O3.C4H6.C2H6/c1-10-20-11-21(27)18(5)23(28)16(3)13-24(7,29)12-15(2)22(26-31-14-32-9)17(4)19(6)25(20,8)30;1-6-7(9)8(2,10-3)4-5-11-6;1-3-4-2;1-2/h15-20,23,28-30H,10-14H2,1-9H3;6-7,9H,4-5H2,1-3H3;1-2H3;1-2H3/b26-22+;;;/t15-,16-,17?,18+,19?,20+,23+,24-,25+;6?,7-,8+;;/m10../s1. The van der Waals surface area contributed by atoms with Crippen LogP contribution in [0.15, 0.2) is 5.16 Å². The predicted molar refractivity (Wildman–Crippen MR) is 205 cm³/mol. The first kappa shape index (κ1) is 49.9. The first-order valence-electron chi connectivity index (χ1n) is 18.2. The summed E-state index contributed by atoms with van der Waals surface area (Å²) in [6.45, 7) is 27.4. The van der Waals surface area contributed by atoms with Gasteiger partial charge in [-0.05, 0) is 78.4 Å². The van der Waals surface area contributed by atoms with Gasteiger partial charge in [0.05, 0.1) is 34.7 Å².